The van der Waals surface area contributed by atoms with Gasteiger partial charge >= 0.3 is 0 Å². The van der Waals surface area contributed by atoms with E-state index in [-0.39, 0.29) is 12.5 Å². The zero-order chi connectivity index (χ0) is 53.6. The summed E-state index contributed by atoms with van der Waals surface area (Å²) in [5.41, 5.74) is 0. The van der Waals surface area contributed by atoms with Crippen molar-refractivity contribution in [2.75, 3.05) is 13.2 Å². The molecule has 0 aliphatic carbocycles. The monoisotopic (exact) mass is 1040 g/mol. The van der Waals surface area contributed by atoms with Crippen molar-refractivity contribution >= 4 is 5.91 Å². The number of carbonyl (C=O) groups is 1. The Morgan fingerprint density at radius 2 is 0.851 bits per heavy atom. The van der Waals surface area contributed by atoms with E-state index >= 15 is 0 Å². The van der Waals surface area contributed by atoms with Crippen molar-refractivity contribution in [1.82, 2.24) is 5.32 Å². The van der Waals surface area contributed by atoms with Gasteiger partial charge in [-0.3, -0.25) is 4.79 Å². The molecule has 1 aliphatic rings. The maximum Gasteiger partial charge on any atom is 0.220 e. The molecule has 6 N–H and O–H groups in total. The molecule has 0 spiro atoms. The Balaban J connectivity index is 2.23. The summed E-state index contributed by atoms with van der Waals surface area (Å²) in [6.45, 7) is 3.66. The number of amides is 1. The number of aliphatic hydroxyl groups excluding tert-OH is 5. The lowest BCUT2D eigenvalue weighted by atomic mass is 9.99. The molecule has 1 fully saturated rings. The lowest BCUT2D eigenvalue weighted by Crippen LogP contribution is -2.60. The third-order valence-corrected chi connectivity index (χ3v) is 14.2. The summed E-state index contributed by atoms with van der Waals surface area (Å²) in [5, 5.41) is 54.6. The van der Waals surface area contributed by atoms with E-state index in [1.807, 2.05) is 6.08 Å². The van der Waals surface area contributed by atoms with Gasteiger partial charge < -0.3 is 40.3 Å². The number of unbranched alkanes of at least 4 members (excludes halogenated alkanes) is 30. The Morgan fingerprint density at radius 1 is 0.473 bits per heavy atom. The highest BCUT2D eigenvalue weighted by Crippen LogP contribution is 2.23. The molecule has 1 rings (SSSR count). The van der Waals surface area contributed by atoms with Crippen LogP contribution in [0.15, 0.2) is 85.1 Å². The Morgan fingerprint density at radius 3 is 1.30 bits per heavy atom. The smallest absolute Gasteiger partial charge is 0.220 e. The van der Waals surface area contributed by atoms with Gasteiger partial charge in [-0.25, -0.2) is 0 Å². The number of hydrogen-bond acceptors (Lipinski definition) is 8. The Hall–Kier alpha value is -2.63. The summed E-state index contributed by atoms with van der Waals surface area (Å²) in [5.74, 6) is -0.192. The van der Waals surface area contributed by atoms with Crippen molar-refractivity contribution in [3.05, 3.63) is 85.1 Å². The first-order valence-corrected chi connectivity index (χ1v) is 30.8. The molecule has 9 nitrogen and oxygen atoms in total. The highest BCUT2D eigenvalue weighted by Gasteiger charge is 2.44. The van der Waals surface area contributed by atoms with Crippen molar-refractivity contribution < 1.29 is 39.8 Å². The molecule has 0 aromatic heterocycles. The van der Waals surface area contributed by atoms with Crippen LogP contribution in [-0.4, -0.2) is 87.5 Å². The summed E-state index contributed by atoms with van der Waals surface area (Å²) in [6.07, 6.45) is 69.4. The van der Waals surface area contributed by atoms with E-state index in [1.54, 1.807) is 6.08 Å². The SMILES string of the molecule is CC/C=C\C/C=C\C/C=C\C/C=C\CCCCCCCCCCCCCCCCC(=O)NC(COC1OC(CO)C(O)C(O)C1O)C(O)/C=C/CC/C=C/CC/C=C/CCCCCCCCCCCCCCCC. The van der Waals surface area contributed by atoms with Gasteiger partial charge in [0.2, 0.25) is 5.91 Å². The molecule has 0 radical (unpaired) electrons. The molecule has 1 amide bonds. The molecule has 1 heterocycles. The Bertz CT molecular complexity index is 1440. The molecule has 7 atom stereocenters. The second kappa shape index (κ2) is 53.8. The number of rotatable bonds is 52. The quantitative estimate of drug-likeness (QED) is 0.0261. The zero-order valence-electron chi connectivity index (χ0n) is 47.6. The summed E-state index contributed by atoms with van der Waals surface area (Å²) in [6, 6.07) is -0.834. The van der Waals surface area contributed by atoms with Crippen LogP contribution in [0, 0.1) is 0 Å². The predicted octanol–water partition coefficient (Wildman–Crippen LogP) is 15.8. The van der Waals surface area contributed by atoms with Crippen molar-refractivity contribution in [1.29, 1.82) is 0 Å². The Kier molecular flexibility index (Phi) is 50.4. The number of nitrogens with one attached hydrogen (secondary N) is 1. The number of ether oxygens (including phenoxy) is 2. The predicted molar refractivity (Wildman–Crippen MR) is 313 cm³/mol. The van der Waals surface area contributed by atoms with Crippen LogP contribution in [0.2, 0.25) is 0 Å². The molecule has 0 aromatic rings. The molecule has 0 aromatic carbocycles. The highest BCUT2D eigenvalue weighted by molar-refractivity contribution is 5.76. The van der Waals surface area contributed by atoms with Crippen LogP contribution in [0.25, 0.3) is 0 Å². The summed E-state index contributed by atoms with van der Waals surface area (Å²) in [4.78, 5) is 13.1. The van der Waals surface area contributed by atoms with Gasteiger partial charge in [0.15, 0.2) is 6.29 Å². The van der Waals surface area contributed by atoms with Gasteiger partial charge in [-0.1, -0.05) is 259 Å². The lowest BCUT2D eigenvalue weighted by Gasteiger charge is -2.40. The van der Waals surface area contributed by atoms with Crippen molar-refractivity contribution in [2.24, 2.45) is 0 Å². The van der Waals surface area contributed by atoms with Gasteiger partial charge in [-0.05, 0) is 83.5 Å². The van der Waals surface area contributed by atoms with Gasteiger partial charge in [-0.15, -0.1) is 0 Å². The molecule has 0 bridgehead atoms. The van der Waals surface area contributed by atoms with E-state index in [2.05, 4.69) is 92.1 Å². The van der Waals surface area contributed by atoms with Gasteiger partial charge in [0.25, 0.3) is 0 Å². The van der Waals surface area contributed by atoms with Gasteiger partial charge in [0, 0.05) is 6.42 Å². The standard InChI is InChI=1S/C65H115NO8/c1-3-5-7-9-11-13-15-17-19-21-23-25-27-29-30-31-33-35-37-39-41-43-45-47-49-51-53-55-61(69)66-58(57-73-65-64(72)63(71)62(70)60(56-67)74-65)59(68)54-52-50-48-46-44-42-40-38-36-34-32-28-26-24-22-20-18-16-14-12-10-8-6-4-2/h5,7,11,13,17,19,23,25,36,38,44,46,52,54,58-60,62-65,67-68,70-72H,3-4,6,8-10,12,14-16,18,20-22,24,26-35,37,39-43,45,47-51,53,55-57H2,1-2H3,(H,66,69)/b7-5-,13-11-,19-17-,25-23-,38-36+,46-44+,54-52+. The summed E-state index contributed by atoms with van der Waals surface area (Å²) >= 11 is 0. The van der Waals surface area contributed by atoms with Crippen LogP contribution in [-0.2, 0) is 14.3 Å². The molecular weight excluding hydrogens is 923 g/mol. The topological polar surface area (TPSA) is 149 Å². The minimum Gasteiger partial charge on any atom is -0.394 e. The van der Waals surface area contributed by atoms with Gasteiger partial charge in [-0.2, -0.15) is 0 Å². The summed E-state index contributed by atoms with van der Waals surface area (Å²) < 4.78 is 11.3. The average Bonchev–Trinajstić information content (AvgIpc) is 3.40. The normalized spacial score (nSPS) is 19.6. The molecule has 7 unspecified atom stereocenters. The van der Waals surface area contributed by atoms with Crippen molar-refractivity contribution in [3.63, 3.8) is 0 Å². The largest absolute Gasteiger partial charge is 0.394 e. The third-order valence-electron chi connectivity index (χ3n) is 14.2. The molecule has 0 saturated carbocycles. The van der Waals surface area contributed by atoms with Crippen molar-refractivity contribution in [3.8, 4) is 0 Å². The minimum absolute atomic E-state index is 0.192. The van der Waals surface area contributed by atoms with E-state index in [4.69, 9.17) is 9.47 Å². The van der Waals surface area contributed by atoms with Crippen LogP contribution in [0.4, 0.5) is 0 Å². The van der Waals surface area contributed by atoms with Crippen LogP contribution >= 0.6 is 0 Å². The first-order chi connectivity index (χ1) is 36.3. The molecule has 1 aliphatic heterocycles. The van der Waals surface area contributed by atoms with E-state index in [0.29, 0.717) is 6.42 Å². The molecular formula is C65H115NO8. The fourth-order valence-corrected chi connectivity index (χ4v) is 9.36. The minimum atomic E-state index is -1.58. The molecule has 1 saturated heterocycles. The average molecular weight is 1040 g/mol. The second-order valence-electron chi connectivity index (χ2n) is 21.1. The van der Waals surface area contributed by atoms with Crippen LogP contribution in [0.5, 0.6) is 0 Å². The van der Waals surface area contributed by atoms with Crippen LogP contribution < -0.4 is 5.32 Å². The van der Waals surface area contributed by atoms with E-state index in [0.717, 1.165) is 70.6 Å². The number of hydrogen-bond donors (Lipinski definition) is 6. The van der Waals surface area contributed by atoms with Gasteiger partial charge in [0.1, 0.15) is 24.4 Å². The van der Waals surface area contributed by atoms with Crippen LogP contribution in [0.3, 0.4) is 0 Å². The van der Waals surface area contributed by atoms with E-state index in [1.165, 1.54) is 173 Å². The number of aliphatic hydroxyl groups is 5. The summed E-state index contributed by atoms with van der Waals surface area (Å²) in [7, 11) is 0. The fraction of sp³-hybridized carbons (Fsp3) is 0.769. The maximum absolute atomic E-state index is 13.1. The Labute approximate surface area is 454 Å². The van der Waals surface area contributed by atoms with Crippen molar-refractivity contribution in [2.45, 2.75) is 307 Å². The number of carbonyl (C=O) groups excluding carboxylic acids is 1. The first kappa shape index (κ1) is 69.4. The lowest BCUT2D eigenvalue weighted by molar-refractivity contribution is -0.302. The third kappa shape index (κ3) is 42.5. The van der Waals surface area contributed by atoms with Gasteiger partial charge in [0.05, 0.1) is 25.4 Å². The molecule has 9 heteroatoms. The van der Waals surface area contributed by atoms with Crippen LogP contribution in [0.1, 0.15) is 264 Å². The molecule has 428 valence electrons. The number of allylic oxidation sites excluding steroid dienone is 13. The molecule has 74 heavy (non-hydrogen) atoms. The highest BCUT2D eigenvalue weighted by atomic mass is 16.7. The second-order valence-corrected chi connectivity index (χ2v) is 21.1. The van der Waals surface area contributed by atoms with E-state index in [9.17, 15) is 30.3 Å². The maximum atomic E-state index is 13.1. The first-order valence-electron chi connectivity index (χ1n) is 30.8. The fourth-order valence-electron chi connectivity index (χ4n) is 9.36. The zero-order valence-corrected chi connectivity index (χ0v) is 47.6. The van der Waals surface area contributed by atoms with E-state index < -0.39 is 49.5 Å².